The number of methoxy groups -OCH3 is 1. The predicted molar refractivity (Wildman–Crippen MR) is 63.4 cm³/mol. The van der Waals surface area contributed by atoms with Crippen molar-refractivity contribution in [2.45, 2.75) is 18.4 Å². The SMILES string of the molecule is COc1ccccc1C1(O)CCSCC1. The van der Waals surface area contributed by atoms with Crippen molar-refractivity contribution in [3.63, 3.8) is 0 Å². The van der Waals surface area contributed by atoms with E-state index in [1.54, 1.807) is 7.11 Å². The highest BCUT2D eigenvalue weighted by atomic mass is 32.2. The van der Waals surface area contributed by atoms with Crippen molar-refractivity contribution in [1.29, 1.82) is 0 Å². The second-order valence-corrected chi connectivity index (χ2v) is 5.07. The van der Waals surface area contributed by atoms with Crippen LogP contribution in [0.3, 0.4) is 0 Å². The van der Waals surface area contributed by atoms with Crippen LogP contribution in [-0.4, -0.2) is 23.7 Å². The maximum Gasteiger partial charge on any atom is 0.124 e. The Morgan fingerprint density at radius 3 is 2.60 bits per heavy atom. The zero-order chi connectivity index (χ0) is 10.7. The molecule has 1 heterocycles. The molecule has 0 bridgehead atoms. The fourth-order valence-corrected chi connectivity index (χ4v) is 3.18. The van der Waals surface area contributed by atoms with Gasteiger partial charge in [0.2, 0.25) is 0 Å². The molecule has 0 amide bonds. The zero-order valence-electron chi connectivity index (χ0n) is 8.90. The van der Waals surface area contributed by atoms with Crippen LogP contribution in [-0.2, 0) is 5.60 Å². The number of benzene rings is 1. The number of hydrogen-bond acceptors (Lipinski definition) is 3. The van der Waals surface area contributed by atoms with Crippen LogP contribution in [0, 0.1) is 0 Å². The van der Waals surface area contributed by atoms with E-state index in [9.17, 15) is 5.11 Å². The standard InChI is InChI=1S/C12H16O2S/c1-14-11-5-3-2-4-10(11)12(13)6-8-15-9-7-12/h2-5,13H,6-9H2,1H3. The van der Waals surface area contributed by atoms with Gasteiger partial charge in [0.25, 0.3) is 0 Å². The second-order valence-electron chi connectivity index (χ2n) is 3.84. The summed E-state index contributed by atoms with van der Waals surface area (Å²) in [5.41, 5.74) is 0.255. The summed E-state index contributed by atoms with van der Waals surface area (Å²) in [6.07, 6.45) is 1.64. The molecule has 0 spiro atoms. The number of thioether (sulfide) groups is 1. The number of ether oxygens (including phenoxy) is 1. The third kappa shape index (κ3) is 2.13. The van der Waals surface area contributed by atoms with Crippen molar-refractivity contribution in [3.8, 4) is 5.75 Å². The highest BCUT2D eigenvalue weighted by molar-refractivity contribution is 7.99. The molecule has 1 aromatic carbocycles. The van der Waals surface area contributed by atoms with Gasteiger partial charge < -0.3 is 9.84 Å². The Labute approximate surface area is 94.6 Å². The number of para-hydroxylation sites is 1. The lowest BCUT2D eigenvalue weighted by Gasteiger charge is -2.33. The van der Waals surface area contributed by atoms with Crippen molar-refractivity contribution in [2.24, 2.45) is 0 Å². The quantitative estimate of drug-likeness (QED) is 0.836. The smallest absolute Gasteiger partial charge is 0.124 e. The first kappa shape index (κ1) is 10.8. The zero-order valence-corrected chi connectivity index (χ0v) is 9.72. The normalized spacial score (nSPS) is 19.9. The number of hydrogen-bond donors (Lipinski definition) is 1. The third-order valence-corrected chi connectivity index (χ3v) is 3.91. The second kappa shape index (κ2) is 4.45. The fourth-order valence-electron chi connectivity index (χ4n) is 2.01. The van der Waals surface area contributed by atoms with Gasteiger partial charge >= 0.3 is 0 Å². The molecule has 0 unspecified atom stereocenters. The Morgan fingerprint density at radius 1 is 1.27 bits per heavy atom. The van der Waals surface area contributed by atoms with Crippen LogP contribution >= 0.6 is 11.8 Å². The van der Waals surface area contributed by atoms with E-state index >= 15 is 0 Å². The van der Waals surface area contributed by atoms with Crippen molar-refractivity contribution >= 4 is 11.8 Å². The summed E-state index contributed by atoms with van der Waals surface area (Å²) < 4.78 is 5.30. The summed E-state index contributed by atoms with van der Waals surface area (Å²) in [5, 5.41) is 10.6. The molecule has 0 aromatic heterocycles. The van der Waals surface area contributed by atoms with Gasteiger partial charge in [-0.05, 0) is 30.4 Å². The number of aliphatic hydroxyl groups is 1. The van der Waals surface area contributed by atoms with Gasteiger partial charge in [-0.2, -0.15) is 11.8 Å². The Kier molecular flexibility index (Phi) is 3.22. The maximum absolute atomic E-state index is 10.6. The first-order valence-corrected chi connectivity index (χ1v) is 6.35. The Morgan fingerprint density at radius 2 is 1.93 bits per heavy atom. The molecule has 2 nitrogen and oxygen atoms in total. The minimum absolute atomic E-state index is 0.683. The van der Waals surface area contributed by atoms with Crippen LogP contribution in [0.15, 0.2) is 24.3 Å². The van der Waals surface area contributed by atoms with Crippen molar-refractivity contribution in [3.05, 3.63) is 29.8 Å². The maximum atomic E-state index is 10.6. The van der Waals surface area contributed by atoms with E-state index in [1.807, 2.05) is 36.0 Å². The molecule has 1 fully saturated rings. The van der Waals surface area contributed by atoms with E-state index < -0.39 is 5.60 Å². The Hall–Kier alpha value is -0.670. The van der Waals surface area contributed by atoms with E-state index in [1.165, 1.54) is 0 Å². The topological polar surface area (TPSA) is 29.5 Å². The first-order chi connectivity index (χ1) is 7.26. The summed E-state index contributed by atoms with van der Waals surface area (Å²) in [6.45, 7) is 0. The van der Waals surface area contributed by atoms with Gasteiger partial charge in [-0.1, -0.05) is 18.2 Å². The van der Waals surface area contributed by atoms with Gasteiger partial charge in [0.05, 0.1) is 12.7 Å². The van der Waals surface area contributed by atoms with E-state index in [0.717, 1.165) is 35.7 Å². The van der Waals surface area contributed by atoms with Crippen LogP contribution in [0.1, 0.15) is 18.4 Å². The van der Waals surface area contributed by atoms with E-state index in [4.69, 9.17) is 4.74 Å². The summed E-state index contributed by atoms with van der Waals surface area (Å²) >= 11 is 1.90. The molecule has 1 N–H and O–H groups in total. The molecule has 15 heavy (non-hydrogen) atoms. The van der Waals surface area contributed by atoms with E-state index in [2.05, 4.69) is 0 Å². The third-order valence-electron chi connectivity index (χ3n) is 2.93. The number of rotatable bonds is 2. The van der Waals surface area contributed by atoms with Crippen molar-refractivity contribution in [1.82, 2.24) is 0 Å². The molecule has 2 rings (SSSR count). The fraction of sp³-hybridized carbons (Fsp3) is 0.500. The van der Waals surface area contributed by atoms with Crippen LogP contribution in [0.25, 0.3) is 0 Å². The molecular formula is C12H16O2S. The monoisotopic (exact) mass is 224 g/mol. The van der Waals surface area contributed by atoms with Crippen molar-refractivity contribution in [2.75, 3.05) is 18.6 Å². The van der Waals surface area contributed by atoms with Gasteiger partial charge in [-0.15, -0.1) is 0 Å². The molecular weight excluding hydrogens is 208 g/mol. The van der Waals surface area contributed by atoms with Crippen molar-refractivity contribution < 1.29 is 9.84 Å². The van der Waals surface area contributed by atoms with Crippen LogP contribution in [0.2, 0.25) is 0 Å². The summed E-state index contributed by atoms with van der Waals surface area (Å²) in [6, 6.07) is 7.77. The van der Waals surface area contributed by atoms with Gasteiger partial charge in [0.15, 0.2) is 0 Å². The molecule has 82 valence electrons. The van der Waals surface area contributed by atoms with Gasteiger partial charge in [-0.3, -0.25) is 0 Å². The molecule has 0 aliphatic carbocycles. The average Bonchev–Trinajstić information content (AvgIpc) is 2.30. The Bertz CT molecular complexity index is 332. The van der Waals surface area contributed by atoms with Gasteiger partial charge in [0, 0.05) is 5.56 Å². The summed E-state index contributed by atoms with van der Waals surface area (Å²) in [5.74, 6) is 2.84. The molecule has 1 aliphatic heterocycles. The van der Waals surface area contributed by atoms with Crippen LogP contribution in [0.5, 0.6) is 5.75 Å². The summed E-state index contributed by atoms with van der Waals surface area (Å²) in [4.78, 5) is 0. The molecule has 1 saturated heterocycles. The highest BCUT2D eigenvalue weighted by Gasteiger charge is 2.33. The molecule has 0 radical (unpaired) electrons. The van der Waals surface area contributed by atoms with E-state index in [0.29, 0.717) is 0 Å². The first-order valence-electron chi connectivity index (χ1n) is 5.20. The minimum Gasteiger partial charge on any atom is -0.496 e. The largest absolute Gasteiger partial charge is 0.496 e. The molecule has 3 heteroatoms. The lowest BCUT2D eigenvalue weighted by atomic mass is 9.87. The van der Waals surface area contributed by atoms with Gasteiger partial charge in [0.1, 0.15) is 5.75 Å². The highest BCUT2D eigenvalue weighted by Crippen LogP contribution is 2.39. The minimum atomic E-state index is -0.683. The Balaban J connectivity index is 2.34. The molecule has 1 aromatic rings. The van der Waals surface area contributed by atoms with Crippen LogP contribution in [0.4, 0.5) is 0 Å². The molecule has 0 saturated carbocycles. The summed E-state index contributed by atoms with van der Waals surface area (Å²) in [7, 11) is 1.65. The van der Waals surface area contributed by atoms with Crippen LogP contribution < -0.4 is 4.74 Å². The lowest BCUT2D eigenvalue weighted by Crippen LogP contribution is -2.30. The molecule has 0 atom stereocenters. The van der Waals surface area contributed by atoms with E-state index in [-0.39, 0.29) is 0 Å². The van der Waals surface area contributed by atoms with Gasteiger partial charge in [-0.25, -0.2) is 0 Å². The predicted octanol–water partition coefficient (Wildman–Crippen LogP) is 2.41. The lowest BCUT2D eigenvalue weighted by molar-refractivity contribution is 0.0258. The molecule has 1 aliphatic rings. The average molecular weight is 224 g/mol.